The maximum absolute atomic E-state index is 5.62. The second-order valence-corrected chi connectivity index (χ2v) is 8.49. The highest BCUT2D eigenvalue weighted by atomic mass is 32.2. The Kier molecular flexibility index (Phi) is 8.20. The molecule has 3 aromatic carbocycles. The summed E-state index contributed by atoms with van der Waals surface area (Å²) in [7, 11) is 0. The standard InChI is InChI=1S/C26H31NS/c27-21-13-2-1-3-14-22-28-26(23-15-7-4-8-16-23,24-17-9-5-10-18-24)25-19-11-6-12-20-25/h4-12,15-20H,1-3,13-14,21-22,27H2. The van der Waals surface area contributed by atoms with Gasteiger partial charge in [-0.2, -0.15) is 0 Å². The minimum absolute atomic E-state index is 0.180. The number of nitrogens with two attached hydrogens (primary N) is 1. The average Bonchev–Trinajstić information content (AvgIpc) is 2.78. The maximum Gasteiger partial charge on any atom is 0.0906 e. The highest BCUT2D eigenvalue weighted by molar-refractivity contribution is 8.00. The van der Waals surface area contributed by atoms with E-state index in [0.717, 1.165) is 18.7 Å². The zero-order valence-electron chi connectivity index (χ0n) is 16.6. The molecule has 2 N–H and O–H groups in total. The fraction of sp³-hybridized carbons (Fsp3) is 0.308. The molecule has 0 aliphatic heterocycles. The van der Waals surface area contributed by atoms with E-state index in [1.807, 2.05) is 0 Å². The number of benzene rings is 3. The van der Waals surface area contributed by atoms with Gasteiger partial charge in [-0.25, -0.2) is 0 Å². The zero-order valence-corrected chi connectivity index (χ0v) is 17.4. The molecule has 0 saturated carbocycles. The lowest BCUT2D eigenvalue weighted by Crippen LogP contribution is -2.26. The van der Waals surface area contributed by atoms with E-state index < -0.39 is 0 Å². The summed E-state index contributed by atoms with van der Waals surface area (Å²) in [4.78, 5) is 0. The Bertz CT molecular complexity index is 690. The molecule has 0 saturated heterocycles. The van der Waals surface area contributed by atoms with Crippen molar-refractivity contribution in [3.63, 3.8) is 0 Å². The lowest BCUT2D eigenvalue weighted by Gasteiger charge is -2.35. The Morgan fingerprint density at radius 1 is 0.536 bits per heavy atom. The molecular formula is C26H31NS. The number of hydrogen-bond acceptors (Lipinski definition) is 2. The summed E-state index contributed by atoms with van der Waals surface area (Å²) >= 11 is 2.07. The van der Waals surface area contributed by atoms with Crippen LogP contribution in [0.5, 0.6) is 0 Å². The first-order valence-corrected chi connectivity index (χ1v) is 11.4. The van der Waals surface area contributed by atoms with Crippen LogP contribution in [0.25, 0.3) is 0 Å². The highest BCUT2D eigenvalue weighted by Gasteiger charge is 2.36. The molecule has 0 fully saturated rings. The van der Waals surface area contributed by atoms with Crippen molar-refractivity contribution in [1.82, 2.24) is 0 Å². The van der Waals surface area contributed by atoms with Gasteiger partial charge in [-0.05, 0) is 41.8 Å². The van der Waals surface area contributed by atoms with Gasteiger partial charge >= 0.3 is 0 Å². The Hall–Kier alpha value is -2.03. The van der Waals surface area contributed by atoms with E-state index in [0.29, 0.717) is 0 Å². The molecule has 0 heterocycles. The molecule has 28 heavy (non-hydrogen) atoms. The van der Waals surface area contributed by atoms with Crippen LogP contribution in [0.2, 0.25) is 0 Å². The molecule has 146 valence electrons. The van der Waals surface area contributed by atoms with Crippen molar-refractivity contribution >= 4 is 11.8 Å². The third-order valence-corrected chi connectivity index (χ3v) is 6.84. The Morgan fingerprint density at radius 3 is 1.36 bits per heavy atom. The minimum atomic E-state index is -0.180. The van der Waals surface area contributed by atoms with Gasteiger partial charge in [0.05, 0.1) is 4.75 Å². The zero-order chi connectivity index (χ0) is 19.5. The van der Waals surface area contributed by atoms with Crippen LogP contribution in [0.1, 0.15) is 48.8 Å². The monoisotopic (exact) mass is 389 g/mol. The van der Waals surface area contributed by atoms with Gasteiger partial charge in [0, 0.05) is 0 Å². The Labute approximate surface area is 174 Å². The summed E-state index contributed by atoms with van der Waals surface area (Å²) in [6.45, 7) is 0.813. The molecule has 0 bridgehead atoms. The number of unbranched alkanes of at least 4 members (excludes halogenated alkanes) is 4. The number of rotatable bonds is 11. The highest BCUT2D eigenvalue weighted by Crippen LogP contribution is 2.48. The van der Waals surface area contributed by atoms with Gasteiger partial charge in [0.25, 0.3) is 0 Å². The van der Waals surface area contributed by atoms with Gasteiger partial charge in [-0.1, -0.05) is 110 Å². The summed E-state index contributed by atoms with van der Waals surface area (Å²) in [5.74, 6) is 1.14. The van der Waals surface area contributed by atoms with Crippen LogP contribution in [0.3, 0.4) is 0 Å². The fourth-order valence-electron chi connectivity index (χ4n) is 3.77. The van der Waals surface area contributed by atoms with Crippen molar-refractivity contribution in [3.05, 3.63) is 108 Å². The second kappa shape index (κ2) is 11.1. The molecule has 0 spiro atoms. The smallest absolute Gasteiger partial charge is 0.0906 e. The summed E-state index contributed by atoms with van der Waals surface area (Å²) in [5.41, 5.74) is 9.66. The maximum atomic E-state index is 5.62. The van der Waals surface area contributed by atoms with Crippen molar-refractivity contribution in [2.75, 3.05) is 12.3 Å². The third kappa shape index (κ3) is 5.06. The van der Waals surface area contributed by atoms with Crippen molar-refractivity contribution < 1.29 is 0 Å². The first kappa shape index (κ1) is 20.7. The first-order valence-electron chi connectivity index (χ1n) is 10.4. The molecule has 3 rings (SSSR count). The summed E-state index contributed by atoms with van der Waals surface area (Å²) in [6, 6.07) is 32.9. The molecule has 0 amide bonds. The van der Waals surface area contributed by atoms with E-state index in [-0.39, 0.29) is 4.75 Å². The van der Waals surface area contributed by atoms with E-state index in [4.69, 9.17) is 5.73 Å². The molecule has 0 aliphatic carbocycles. The van der Waals surface area contributed by atoms with Crippen LogP contribution in [0.15, 0.2) is 91.0 Å². The van der Waals surface area contributed by atoms with E-state index in [2.05, 4.69) is 103 Å². The molecule has 0 atom stereocenters. The van der Waals surface area contributed by atoms with Crippen molar-refractivity contribution in [1.29, 1.82) is 0 Å². The van der Waals surface area contributed by atoms with Gasteiger partial charge in [0.2, 0.25) is 0 Å². The Morgan fingerprint density at radius 2 is 0.929 bits per heavy atom. The molecule has 1 nitrogen and oxygen atoms in total. The predicted molar refractivity (Wildman–Crippen MR) is 124 cm³/mol. The molecular weight excluding hydrogens is 358 g/mol. The lowest BCUT2D eigenvalue weighted by atomic mass is 9.84. The van der Waals surface area contributed by atoms with Crippen LogP contribution in [-0.2, 0) is 4.75 Å². The number of thioether (sulfide) groups is 1. The predicted octanol–water partition coefficient (Wildman–Crippen LogP) is 6.62. The average molecular weight is 390 g/mol. The van der Waals surface area contributed by atoms with Gasteiger partial charge in [-0.3, -0.25) is 0 Å². The quantitative estimate of drug-likeness (QED) is 0.294. The SMILES string of the molecule is NCCCCCCCSC(c1ccccc1)(c1ccccc1)c1ccccc1. The van der Waals surface area contributed by atoms with Gasteiger partial charge in [-0.15, -0.1) is 11.8 Å². The van der Waals surface area contributed by atoms with Crippen LogP contribution >= 0.6 is 11.8 Å². The summed E-state index contributed by atoms with van der Waals surface area (Å²) < 4.78 is -0.180. The first-order chi connectivity index (χ1) is 13.9. The van der Waals surface area contributed by atoms with Gasteiger partial charge in [0.15, 0.2) is 0 Å². The molecule has 0 radical (unpaired) electrons. The van der Waals surface area contributed by atoms with Crippen LogP contribution < -0.4 is 5.73 Å². The van der Waals surface area contributed by atoms with E-state index in [1.165, 1.54) is 42.4 Å². The molecule has 0 aromatic heterocycles. The van der Waals surface area contributed by atoms with Gasteiger partial charge in [0.1, 0.15) is 0 Å². The van der Waals surface area contributed by atoms with Crippen LogP contribution in [0, 0.1) is 0 Å². The van der Waals surface area contributed by atoms with E-state index in [9.17, 15) is 0 Å². The van der Waals surface area contributed by atoms with E-state index in [1.54, 1.807) is 0 Å². The van der Waals surface area contributed by atoms with Crippen LogP contribution in [-0.4, -0.2) is 12.3 Å². The van der Waals surface area contributed by atoms with Crippen molar-refractivity contribution in [3.8, 4) is 0 Å². The second-order valence-electron chi connectivity index (χ2n) is 7.18. The lowest BCUT2D eigenvalue weighted by molar-refractivity contribution is 0.640. The van der Waals surface area contributed by atoms with Crippen molar-refractivity contribution in [2.24, 2.45) is 5.73 Å². The molecule has 2 heteroatoms. The minimum Gasteiger partial charge on any atom is -0.330 e. The molecule has 0 unspecified atom stereocenters. The van der Waals surface area contributed by atoms with Gasteiger partial charge < -0.3 is 5.73 Å². The fourth-order valence-corrected chi connectivity index (χ4v) is 5.33. The Balaban J connectivity index is 1.91. The largest absolute Gasteiger partial charge is 0.330 e. The summed E-state index contributed by atoms with van der Waals surface area (Å²) in [5, 5.41) is 0. The molecule has 0 aliphatic rings. The third-order valence-electron chi connectivity index (χ3n) is 5.21. The van der Waals surface area contributed by atoms with Crippen molar-refractivity contribution in [2.45, 2.75) is 36.9 Å². The van der Waals surface area contributed by atoms with E-state index >= 15 is 0 Å². The number of hydrogen-bond donors (Lipinski definition) is 1. The van der Waals surface area contributed by atoms with Crippen LogP contribution in [0.4, 0.5) is 0 Å². The molecule has 3 aromatic rings. The normalized spacial score (nSPS) is 11.5. The summed E-state index contributed by atoms with van der Waals surface area (Å²) in [6.07, 6.45) is 6.20. The topological polar surface area (TPSA) is 26.0 Å².